The number of aromatic nitrogens is 2. The van der Waals surface area contributed by atoms with Crippen LogP contribution in [0.4, 0.5) is 5.82 Å². The molecule has 4 nitrogen and oxygen atoms in total. The topological polar surface area (TPSA) is 57.8 Å². The molecule has 0 bridgehead atoms. The smallest absolute Gasteiger partial charge is 0.252 e. The van der Waals surface area contributed by atoms with Gasteiger partial charge in [0.15, 0.2) is 0 Å². The standard InChI is InChI=1S/C14H17N3O/c1-10(8-12-6-4-3-5-7-12)15-13-9-14(18)17-11(2)16-13/h3-7,9-10H,8H2,1-2H3,(H2,15,16,17,18). The maximum atomic E-state index is 11.3. The number of anilines is 1. The van der Waals surface area contributed by atoms with E-state index in [1.54, 1.807) is 6.92 Å². The quantitative estimate of drug-likeness (QED) is 0.864. The molecule has 1 aromatic heterocycles. The van der Waals surface area contributed by atoms with E-state index in [-0.39, 0.29) is 11.6 Å². The number of hydrogen-bond acceptors (Lipinski definition) is 3. The van der Waals surface area contributed by atoms with E-state index >= 15 is 0 Å². The van der Waals surface area contributed by atoms with Crippen LogP contribution in [0.5, 0.6) is 0 Å². The molecule has 0 spiro atoms. The van der Waals surface area contributed by atoms with Crippen LogP contribution in [0.25, 0.3) is 0 Å². The Labute approximate surface area is 106 Å². The SMILES string of the molecule is Cc1nc(NC(C)Cc2ccccc2)cc(=O)[nH]1. The van der Waals surface area contributed by atoms with Crippen LogP contribution in [0.2, 0.25) is 0 Å². The van der Waals surface area contributed by atoms with Crippen LogP contribution in [0.15, 0.2) is 41.2 Å². The number of aryl methyl sites for hydroxylation is 1. The number of nitrogens with one attached hydrogen (secondary N) is 2. The molecule has 0 aliphatic carbocycles. The Hall–Kier alpha value is -2.10. The highest BCUT2D eigenvalue weighted by Crippen LogP contribution is 2.07. The number of nitrogens with zero attached hydrogens (tertiary/aromatic N) is 1. The van der Waals surface area contributed by atoms with Crippen LogP contribution >= 0.6 is 0 Å². The summed E-state index contributed by atoms with van der Waals surface area (Å²) in [6.07, 6.45) is 0.897. The first-order chi connectivity index (χ1) is 8.63. The first-order valence-corrected chi connectivity index (χ1v) is 6.02. The normalized spacial score (nSPS) is 12.1. The highest BCUT2D eigenvalue weighted by Gasteiger charge is 2.05. The van der Waals surface area contributed by atoms with Gasteiger partial charge in [-0.2, -0.15) is 0 Å². The summed E-state index contributed by atoms with van der Waals surface area (Å²) >= 11 is 0. The summed E-state index contributed by atoms with van der Waals surface area (Å²) in [5.74, 6) is 1.25. The maximum Gasteiger partial charge on any atom is 0.252 e. The Bertz CT molecular complexity index is 563. The zero-order valence-corrected chi connectivity index (χ0v) is 10.6. The van der Waals surface area contributed by atoms with Gasteiger partial charge in [-0.1, -0.05) is 30.3 Å². The molecule has 94 valence electrons. The highest BCUT2D eigenvalue weighted by molar-refractivity contribution is 5.34. The molecule has 0 saturated heterocycles. The molecule has 0 aliphatic heterocycles. The molecule has 0 amide bonds. The van der Waals surface area contributed by atoms with E-state index in [9.17, 15) is 4.79 Å². The van der Waals surface area contributed by atoms with Crippen molar-refractivity contribution in [3.05, 3.63) is 58.1 Å². The van der Waals surface area contributed by atoms with Gasteiger partial charge in [0.05, 0.1) is 0 Å². The predicted molar refractivity (Wildman–Crippen MR) is 72.8 cm³/mol. The lowest BCUT2D eigenvalue weighted by atomic mass is 10.1. The van der Waals surface area contributed by atoms with Gasteiger partial charge in [0.2, 0.25) is 0 Å². The molecule has 0 saturated carbocycles. The first-order valence-electron chi connectivity index (χ1n) is 6.02. The molecule has 0 radical (unpaired) electrons. The van der Waals surface area contributed by atoms with E-state index in [0.717, 1.165) is 6.42 Å². The first kappa shape index (κ1) is 12.4. The van der Waals surface area contributed by atoms with E-state index in [0.29, 0.717) is 11.6 Å². The summed E-state index contributed by atoms with van der Waals surface area (Å²) < 4.78 is 0. The molecule has 1 unspecified atom stereocenters. The monoisotopic (exact) mass is 243 g/mol. The number of H-pyrrole nitrogens is 1. The lowest BCUT2D eigenvalue weighted by Crippen LogP contribution is -2.21. The van der Waals surface area contributed by atoms with Crippen molar-refractivity contribution in [3.63, 3.8) is 0 Å². The van der Waals surface area contributed by atoms with Crippen molar-refractivity contribution in [2.75, 3.05) is 5.32 Å². The Morgan fingerprint density at radius 2 is 2.06 bits per heavy atom. The molecule has 2 aromatic rings. The number of benzene rings is 1. The lowest BCUT2D eigenvalue weighted by Gasteiger charge is -2.14. The number of aromatic amines is 1. The Balaban J connectivity index is 2.03. The van der Waals surface area contributed by atoms with Crippen LogP contribution in [0, 0.1) is 6.92 Å². The van der Waals surface area contributed by atoms with Crippen LogP contribution in [0.3, 0.4) is 0 Å². The number of hydrogen-bond donors (Lipinski definition) is 2. The molecule has 18 heavy (non-hydrogen) atoms. The zero-order chi connectivity index (χ0) is 13.0. The molecule has 0 fully saturated rings. The second-order valence-electron chi connectivity index (χ2n) is 4.45. The second-order valence-corrected chi connectivity index (χ2v) is 4.45. The van der Waals surface area contributed by atoms with Gasteiger partial charge in [-0.15, -0.1) is 0 Å². The summed E-state index contributed by atoms with van der Waals surface area (Å²) in [5, 5.41) is 3.24. The summed E-state index contributed by atoms with van der Waals surface area (Å²) in [7, 11) is 0. The van der Waals surface area contributed by atoms with E-state index in [1.165, 1.54) is 11.6 Å². The fraction of sp³-hybridized carbons (Fsp3) is 0.286. The molecule has 4 heteroatoms. The summed E-state index contributed by atoms with van der Waals surface area (Å²) in [5.41, 5.74) is 1.14. The Morgan fingerprint density at radius 1 is 1.33 bits per heavy atom. The second kappa shape index (κ2) is 5.49. The van der Waals surface area contributed by atoms with Crippen LogP contribution in [0.1, 0.15) is 18.3 Å². The predicted octanol–water partition coefficient (Wildman–Crippen LogP) is 2.12. The van der Waals surface area contributed by atoms with E-state index in [1.807, 2.05) is 18.2 Å². The van der Waals surface area contributed by atoms with E-state index < -0.39 is 0 Å². The highest BCUT2D eigenvalue weighted by atomic mass is 16.1. The van der Waals surface area contributed by atoms with E-state index in [2.05, 4.69) is 34.3 Å². The number of rotatable bonds is 4. The maximum absolute atomic E-state index is 11.3. The van der Waals surface area contributed by atoms with Crippen molar-refractivity contribution in [1.29, 1.82) is 0 Å². The van der Waals surface area contributed by atoms with Gasteiger partial charge in [0.25, 0.3) is 5.56 Å². The van der Waals surface area contributed by atoms with Crippen LogP contribution in [-0.2, 0) is 6.42 Å². The van der Waals surface area contributed by atoms with Crippen LogP contribution in [-0.4, -0.2) is 16.0 Å². The molecular weight excluding hydrogens is 226 g/mol. The third-order valence-corrected chi connectivity index (χ3v) is 2.64. The van der Waals surface area contributed by atoms with E-state index in [4.69, 9.17) is 0 Å². The van der Waals surface area contributed by atoms with Crippen molar-refractivity contribution < 1.29 is 0 Å². The van der Waals surface area contributed by atoms with Crippen molar-refractivity contribution in [2.45, 2.75) is 26.3 Å². The zero-order valence-electron chi connectivity index (χ0n) is 10.6. The third kappa shape index (κ3) is 3.45. The molecule has 0 aliphatic rings. The third-order valence-electron chi connectivity index (χ3n) is 2.64. The summed E-state index contributed by atoms with van der Waals surface area (Å²) in [4.78, 5) is 18.2. The van der Waals surface area contributed by atoms with Gasteiger partial charge in [0.1, 0.15) is 11.6 Å². The molecule has 2 rings (SSSR count). The van der Waals surface area contributed by atoms with Crippen molar-refractivity contribution in [1.82, 2.24) is 9.97 Å². The minimum Gasteiger partial charge on any atom is -0.367 e. The van der Waals surface area contributed by atoms with Crippen molar-refractivity contribution in [3.8, 4) is 0 Å². The largest absolute Gasteiger partial charge is 0.367 e. The van der Waals surface area contributed by atoms with Gasteiger partial charge in [-0.25, -0.2) is 4.98 Å². The minimum atomic E-state index is -0.128. The molecule has 1 atom stereocenters. The average Bonchev–Trinajstić information content (AvgIpc) is 2.28. The van der Waals surface area contributed by atoms with Gasteiger partial charge < -0.3 is 10.3 Å². The summed E-state index contributed by atoms with van der Waals surface area (Å²) in [6, 6.07) is 11.9. The van der Waals surface area contributed by atoms with Gasteiger partial charge in [-0.3, -0.25) is 4.79 Å². The average molecular weight is 243 g/mol. The van der Waals surface area contributed by atoms with Crippen molar-refractivity contribution in [2.24, 2.45) is 0 Å². The lowest BCUT2D eigenvalue weighted by molar-refractivity contribution is 0.781. The Kier molecular flexibility index (Phi) is 3.77. The summed E-state index contributed by atoms with van der Waals surface area (Å²) in [6.45, 7) is 3.85. The minimum absolute atomic E-state index is 0.128. The fourth-order valence-corrected chi connectivity index (χ4v) is 1.92. The molecule has 2 N–H and O–H groups in total. The molecule has 1 heterocycles. The molecular formula is C14H17N3O. The van der Waals surface area contributed by atoms with Gasteiger partial charge in [0, 0.05) is 12.1 Å². The Morgan fingerprint density at radius 3 is 2.72 bits per heavy atom. The fourth-order valence-electron chi connectivity index (χ4n) is 1.92. The van der Waals surface area contributed by atoms with Gasteiger partial charge in [-0.05, 0) is 25.8 Å². The molecule has 1 aromatic carbocycles. The van der Waals surface area contributed by atoms with Gasteiger partial charge >= 0.3 is 0 Å². The van der Waals surface area contributed by atoms with Crippen LogP contribution < -0.4 is 10.9 Å². The van der Waals surface area contributed by atoms with Crippen molar-refractivity contribution >= 4 is 5.82 Å².